The van der Waals surface area contributed by atoms with E-state index in [1.807, 2.05) is 19.1 Å². The number of amides is 1. The summed E-state index contributed by atoms with van der Waals surface area (Å²) < 4.78 is 5.18. The summed E-state index contributed by atoms with van der Waals surface area (Å²) in [5.74, 6) is -0.553. The van der Waals surface area contributed by atoms with Crippen molar-refractivity contribution in [3.05, 3.63) is 41.6 Å². The van der Waals surface area contributed by atoms with Gasteiger partial charge in [0.25, 0.3) is 5.91 Å². The molecule has 0 fully saturated rings. The molecule has 0 aliphatic heterocycles. The molecule has 6 heteroatoms. The Kier molecular flexibility index (Phi) is 7.81. The standard InChI is InChI=1S/C16H18N4O2/c1-2-22-9-5-8-19-12-14(11-18)16(21)20-15-7-4-3-6-13(15)10-17/h3-4,6-7,12,19H,2,5,8-9H2,1H3,(H,20,21)/b14-12-. The highest BCUT2D eigenvalue weighted by Crippen LogP contribution is 2.14. The first-order valence-electron chi connectivity index (χ1n) is 6.94. The molecule has 22 heavy (non-hydrogen) atoms. The second-order valence-electron chi connectivity index (χ2n) is 4.29. The van der Waals surface area contributed by atoms with Gasteiger partial charge < -0.3 is 15.4 Å². The molecule has 0 aliphatic rings. The van der Waals surface area contributed by atoms with Crippen LogP contribution in [0.25, 0.3) is 0 Å². The molecule has 0 bridgehead atoms. The quantitative estimate of drug-likeness (QED) is 0.434. The number of nitrogens with one attached hydrogen (secondary N) is 2. The van der Waals surface area contributed by atoms with Gasteiger partial charge in [-0.05, 0) is 25.5 Å². The number of hydrogen-bond acceptors (Lipinski definition) is 5. The molecule has 0 aromatic heterocycles. The van der Waals surface area contributed by atoms with E-state index in [9.17, 15) is 4.79 Å². The van der Waals surface area contributed by atoms with E-state index < -0.39 is 5.91 Å². The minimum absolute atomic E-state index is 0.0517. The summed E-state index contributed by atoms with van der Waals surface area (Å²) in [5, 5.41) is 23.5. The molecule has 0 saturated carbocycles. The van der Waals surface area contributed by atoms with Gasteiger partial charge in [0.2, 0.25) is 0 Å². The first-order valence-corrected chi connectivity index (χ1v) is 6.94. The summed E-state index contributed by atoms with van der Waals surface area (Å²) in [6.45, 7) is 3.82. The Morgan fingerprint density at radius 1 is 1.36 bits per heavy atom. The highest BCUT2D eigenvalue weighted by atomic mass is 16.5. The Balaban J connectivity index is 2.58. The van der Waals surface area contributed by atoms with Crippen LogP contribution in [-0.2, 0) is 9.53 Å². The van der Waals surface area contributed by atoms with E-state index in [0.717, 1.165) is 6.42 Å². The highest BCUT2D eigenvalue weighted by molar-refractivity contribution is 6.07. The molecule has 0 atom stereocenters. The second-order valence-corrected chi connectivity index (χ2v) is 4.29. The van der Waals surface area contributed by atoms with Gasteiger partial charge in [-0.15, -0.1) is 0 Å². The Morgan fingerprint density at radius 3 is 2.82 bits per heavy atom. The lowest BCUT2D eigenvalue weighted by atomic mass is 10.2. The van der Waals surface area contributed by atoms with E-state index in [1.54, 1.807) is 24.3 Å². The van der Waals surface area contributed by atoms with Gasteiger partial charge in [-0.3, -0.25) is 4.79 Å². The van der Waals surface area contributed by atoms with Crippen LogP contribution in [0.1, 0.15) is 18.9 Å². The second kappa shape index (κ2) is 9.98. The Bertz CT molecular complexity index is 611. The number of benzene rings is 1. The van der Waals surface area contributed by atoms with Gasteiger partial charge in [-0.2, -0.15) is 10.5 Å². The number of nitriles is 2. The van der Waals surface area contributed by atoms with Crippen molar-refractivity contribution >= 4 is 11.6 Å². The fourth-order valence-electron chi connectivity index (χ4n) is 1.62. The first kappa shape index (κ1) is 17.2. The SMILES string of the molecule is CCOCCCN/C=C(/C#N)C(=O)Nc1ccccc1C#N. The Labute approximate surface area is 130 Å². The lowest BCUT2D eigenvalue weighted by Gasteiger charge is -2.06. The van der Waals surface area contributed by atoms with Crippen LogP contribution in [0.3, 0.4) is 0 Å². The molecule has 1 aromatic carbocycles. The lowest BCUT2D eigenvalue weighted by Crippen LogP contribution is -2.18. The number of carbonyl (C=O) groups is 1. The third kappa shape index (κ3) is 5.66. The fraction of sp³-hybridized carbons (Fsp3) is 0.312. The summed E-state index contributed by atoms with van der Waals surface area (Å²) in [6.07, 6.45) is 2.15. The van der Waals surface area contributed by atoms with Crippen molar-refractivity contribution in [3.8, 4) is 12.1 Å². The molecule has 0 unspecified atom stereocenters. The average molecular weight is 298 g/mol. The van der Waals surface area contributed by atoms with E-state index in [2.05, 4.69) is 10.6 Å². The summed E-state index contributed by atoms with van der Waals surface area (Å²) >= 11 is 0. The number of para-hydroxylation sites is 1. The van der Waals surface area contributed by atoms with Gasteiger partial charge in [0.1, 0.15) is 17.7 Å². The molecule has 0 heterocycles. The smallest absolute Gasteiger partial charge is 0.267 e. The minimum Gasteiger partial charge on any atom is -0.390 e. The minimum atomic E-state index is -0.553. The predicted octanol–water partition coefficient (Wildman–Crippen LogP) is 1.92. The number of ether oxygens (including phenoxy) is 1. The lowest BCUT2D eigenvalue weighted by molar-refractivity contribution is -0.112. The number of hydrogen-bond donors (Lipinski definition) is 2. The zero-order valence-electron chi connectivity index (χ0n) is 12.4. The number of anilines is 1. The summed E-state index contributed by atoms with van der Waals surface area (Å²) in [7, 11) is 0. The number of carbonyl (C=O) groups excluding carboxylic acids is 1. The van der Waals surface area contributed by atoms with Gasteiger partial charge >= 0.3 is 0 Å². The maximum absolute atomic E-state index is 12.0. The number of nitrogens with zero attached hydrogens (tertiary/aromatic N) is 2. The molecule has 6 nitrogen and oxygen atoms in total. The van der Waals surface area contributed by atoms with Crippen LogP contribution in [0.2, 0.25) is 0 Å². The first-order chi connectivity index (χ1) is 10.7. The summed E-state index contributed by atoms with van der Waals surface area (Å²) in [5.41, 5.74) is 0.675. The zero-order valence-corrected chi connectivity index (χ0v) is 12.4. The Morgan fingerprint density at radius 2 is 2.14 bits per heavy atom. The van der Waals surface area contributed by atoms with Crippen LogP contribution in [-0.4, -0.2) is 25.7 Å². The Hall–Kier alpha value is -2.83. The third-order valence-corrected chi connectivity index (χ3v) is 2.72. The van der Waals surface area contributed by atoms with Crippen molar-refractivity contribution in [2.24, 2.45) is 0 Å². The average Bonchev–Trinajstić information content (AvgIpc) is 2.54. The molecule has 114 valence electrons. The van der Waals surface area contributed by atoms with E-state index in [4.69, 9.17) is 15.3 Å². The highest BCUT2D eigenvalue weighted by Gasteiger charge is 2.11. The van der Waals surface area contributed by atoms with Gasteiger partial charge in [-0.25, -0.2) is 0 Å². The largest absolute Gasteiger partial charge is 0.390 e. The summed E-state index contributed by atoms with van der Waals surface area (Å²) in [4.78, 5) is 12.0. The van der Waals surface area contributed by atoms with Crippen molar-refractivity contribution in [2.45, 2.75) is 13.3 Å². The molecule has 0 aliphatic carbocycles. The molecule has 2 N–H and O–H groups in total. The maximum Gasteiger partial charge on any atom is 0.267 e. The monoisotopic (exact) mass is 298 g/mol. The number of rotatable bonds is 8. The van der Waals surface area contributed by atoms with Gasteiger partial charge in [0, 0.05) is 26.0 Å². The molecule has 0 saturated heterocycles. The molecule has 1 rings (SSSR count). The van der Waals surface area contributed by atoms with Crippen LogP contribution in [0.5, 0.6) is 0 Å². The van der Waals surface area contributed by atoms with Crippen LogP contribution < -0.4 is 10.6 Å². The molecule has 1 amide bonds. The molecular formula is C16H18N4O2. The molecular weight excluding hydrogens is 280 g/mol. The van der Waals surface area contributed by atoms with E-state index in [0.29, 0.717) is 31.0 Å². The zero-order chi connectivity index (χ0) is 16.2. The van der Waals surface area contributed by atoms with Crippen molar-refractivity contribution < 1.29 is 9.53 Å². The van der Waals surface area contributed by atoms with Crippen LogP contribution in [0, 0.1) is 22.7 Å². The van der Waals surface area contributed by atoms with Crippen molar-refractivity contribution in [1.82, 2.24) is 5.32 Å². The van der Waals surface area contributed by atoms with E-state index in [-0.39, 0.29) is 5.57 Å². The maximum atomic E-state index is 12.0. The van der Waals surface area contributed by atoms with Gasteiger partial charge in [-0.1, -0.05) is 12.1 Å². The van der Waals surface area contributed by atoms with Crippen LogP contribution >= 0.6 is 0 Å². The summed E-state index contributed by atoms with van der Waals surface area (Å²) in [6, 6.07) is 10.4. The van der Waals surface area contributed by atoms with Crippen LogP contribution in [0.4, 0.5) is 5.69 Å². The van der Waals surface area contributed by atoms with Crippen LogP contribution in [0.15, 0.2) is 36.0 Å². The van der Waals surface area contributed by atoms with Gasteiger partial charge in [0.15, 0.2) is 0 Å². The van der Waals surface area contributed by atoms with Crippen molar-refractivity contribution in [3.63, 3.8) is 0 Å². The van der Waals surface area contributed by atoms with Crippen molar-refractivity contribution in [1.29, 1.82) is 10.5 Å². The fourth-order valence-corrected chi connectivity index (χ4v) is 1.62. The van der Waals surface area contributed by atoms with E-state index >= 15 is 0 Å². The molecule has 0 radical (unpaired) electrons. The third-order valence-electron chi connectivity index (χ3n) is 2.72. The van der Waals surface area contributed by atoms with Crippen molar-refractivity contribution in [2.75, 3.05) is 25.1 Å². The van der Waals surface area contributed by atoms with Gasteiger partial charge in [0.05, 0.1) is 11.3 Å². The van der Waals surface area contributed by atoms with E-state index in [1.165, 1.54) is 6.20 Å². The molecule has 0 spiro atoms. The molecule has 1 aromatic rings. The predicted molar refractivity (Wildman–Crippen MR) is 82.6 cm³/mol. The normalized spacial score (nSPS) is 10.4. The topological polar surface area (TPSA) is 97.9 Å².